The lowest BCUT2D eigenvalue weighted by Gasteiger charge is -2.20. The summed E-state index contributed by atoms with van der Waals surface area (Å²) in [6.07, 6.45) is 1.71. The second-order valence-corrected chi connectivity index (χ2v) is 6.21. The number of anilines is 1. The van der Waals surface area contributed by atoms with Crippen molar-refractivity contribution in [3.63, 3.8) is 0 Å². The van der Waals surface area contributed by atoms with Crippen LogP contribution in [0.3, 0.4) is 0 Å². The van der Waals surface area contributed by atoms with Crippen molar-refractivity contribution in [2.45, 2.75) is 33.2 Å². The molecule has 0 unspecified atom stereocenters. The molecule has 3 N–H and O–H groups in total. The fourth-order valence-electron chi connectivity index (χ4n) is 1.73. The number of aryl methyl sites for hydroxylation is 1. The van der Waals surface area contributed by atoms with Crippen LogP contribution in [0.25, 0.3) is 0 Å². The van der Waals surface area contributed by atoms with Gasteiger partial charge in [0.15, 0.2) is 0 Å². The van der Waals surface area contributed by atoms with E-state index in [1.54, 1.807) is 11.1 Å². The first-order chi connectivity index (χ1) is 9.10. The first-order valence-corrected chi connectivity index (χ1v) is 6.55. The first kappa shape index (κ1) is 16.2. The van der Waals surface area contributed by atoms with Crippen molar-refractivity contribution in [1.82, 2.24) is 15.2 Å². The molecule has 0 spiro atoms. The molecule has 0 saturated carbocycles. The number of aromatic amines is 1. The summed E-state index contributed by atoms with van der Waals surface area (Å²) in [7, 11) is 3.63. The molecule has 1 heterocycles. The number of amides is 2. The van der Waals surface area contributed by atoms with E-state index in [2.05, 4.69) is 15.6 Å². The largest absolute Gasteiger partial charge is 0.355 e. The number of nitrogens with one attached hydrogen (secondary N) is 3. The molecule has 0 aliphatic rings. The Hall–Kier alpha value is -1.82. The highest BCUT2D eigenvalue weighted by atomic mass is 16.2. The summed E-state index contributed by atoms with van der Waals surface area (Å²) in [4.78, 5) is 28.7. The molecule has 0 radical (unpaired) electrons. The first-order valence-electron chi connectivity index (χ1n) is 6.55. The van der Waals surface area contributed by atoms with Crippen molar-refractivity contribution in [1.29, 1.82) is 0 Å². The molecule has 112 valence electrons. The van der Waals surface area contributed by atoms with E-state index >= 15 is 0 Å². The van der Waals surface area contributed by atoms with Crippen LogP contribution in [0.4, 0.5) is 5.69 Å². The van der Waals surface area contributed by atoms with E-state index in [0.29, 0.717) is 11.4 Å². The number of carbonyl (C=O) groups excluding carboxylic acids is 2. The minimum atomic E-state index is -0.332. The normalized spacial score (nSPS) is 11.6. The highest BCUT2D eigenvalue weighted by Gasteiger charge is 2.21. The summed E-state index contributed by atoms with van der Waals surface area (Å²) in [5.74, 6) is -0.381. The van der Waals surface area contributed by atoms with Crippen LogP contribution in [0.1, 0.15) is 36.8 Å². The van der Waals surface area contributed by atoms with Gasteiger partial charge < -0.3 is 20.5 Å². The van der Waals surface area contributed by atoms with Gasteiger partial charge in [-0.25, -0.2) is 0 Å². The Morgan fingerprint density at radius 2 is 1.90 bits per heavy atom. The maximum atomic E-state index is 12.2. The Kier molecular flexibility index (Phi) is 4.94. The van der Waals surface area contributed by atoms with Crippen LogP contribution in [0.2, 0.25) is 0 Å². The van der Waals surface area contributed by atoms with Gasteiger partial charge in [-0.1, -0.05) is 0 Å². The van der Waals surface area contributed by atoms with Gasteiger partial charge in [-0.2, -0.15) is 0 Å². The van der Waals surface area contributed by atoms with E-state index in [1.165, 1.54) is 0 Å². The maximum Gasteiger partial charge on any atom is 0.270 e. The number of hydrogen-bond acceptors (Lipinski definition) is 3. The fourth-order valence-corrected chi connectivity index (χ4v) is 1.73. The van der Waals surface area contributed by atoms with Crippen molar-refractivity contribution in [3.05, 3.63) is 17.5 Å². The van der Waals surface area contributed by atoms with Crippen molar-refractivity contribution < 1.29 is 9.59 Å². The number of aromatic nitrogens is 1. The van der Waals surface area contributed by atoms with Crippen molar-refractivity contribution in [2.24, 2.45) is 0 Å². The van der Waals surface area contributed by atoms with Crippen molar-refractivity contribution in [2.75, 3.05) is 26.0 Å². The van der Waals surface area contributed by atoms with Gasteiger partial charge in [-0.05, 0) is 47.4 Å². The van der Waals surface area contributed by atoms with Crippen LogP contribution in [0.5, 0.6) is 0 Å². The Bertz CT molecular complexity index is 498. The number of rotatable bonds is 4. The second-order valence-electron chi connectivity index (χ2n) is 6.21. The molecular weight excluding hydrogens is 256 g/mol. The van der Waals surface area contributed by atoms with E-state index < -0.39 is 0 Å². The van der Waals surface area contributed by atoms with Gasteiger partial charge in [-0.15, -0.1) is 0 Å². The molecule has 1 aromatic rings. The minimum absolute atomic E-state index is 0.150. The van der Waals surface area contributed by atoms with Crippen LogP contribution in [-0.4, -0.2) is 47.9 Å². The quantitative estimate of drug-likeness (QED) is 0.779. The summed E-state index contributed by atoms with van der Waals surface area (Å²) in [5.41, 5.74) is 1.42. The third-order valence-corrected chi connectivity index (χ3v) is 2.52. The Balaban J connectivity index is 2.90. The lowest BCUT2D eigenvalue weighted by molar-refractivity contribution is -0.116. The molecule has 2 amide bonds. The molecule has 0 aliphatic carbocycles. The van der Waals surface area contributed by atoms with Gasteiger partial charge in [0.05, 0.1) is 12.2 Å². The third kappa shape index (κ3) is 4.70. The second kappa shape index (κ2) is 6.09. The number of likely N-dealkylation sites (N-methyl/N-ethyl adjacent to an activating group) is 1. The molecule has 6 nitrogen and oxygen atoms in total. The summed E-state index contributed by atoms with van der Waals surface area (Å²) in [6, 6.07) is 0. The van der Waals surface area contributed by atoms with Crippen LogP contribution in [0.15, 0.2) is 6.20 Å². The standard InChI is InChI=1S/C14H24N4O2/c1-9-7-15-12(13(20)17-14(2,3)4)11(9)16-10(19)8-18(5)6/h7,15H,8H2,1-6H3,(H,16,19)(H,17,20). The molecule has 1 aromatic heterocycles. The Labute approximate surface area is 119 Å². The monoisotopic (exact) mass is 280 g/mol. The number of hydrogen-bond donors (Lipinski definition) is 3. The Morgan fingerprint density at radius 1 is 1.30 bits per heavy atom. The van der Waals surface area contributed by atoms with Crippen LogP contribution < -0.4 is 10.6 Å². The average Bonchev–Trinajstić information content (AvgIpc) is 2.56. The van der Waals surface area contributed by atoms with Crippen molar-refractivity contribution in [3.8, 4) is 0 Å². The third-order valence-electron chi connectivity index (χ3n) is 2.52. The van der Waals surface area contributed by atoms with Gasteiger partial charge in [-0.3, -0.25) is 9.59 Å². The topological polar surface area (TPSA) is 77.2 Å². The zero-order valence-electron chi connectivity index (χ0n) is 13.0. The average molecular weight is 280 g/mol. The molecule has 0 atom stereocenters. The molecule has 6 heteroatoms. The lowest BCUT2D eigenvalue weighted by atomic mass is 10.1. The van der Waals surface area contributed by atoms with Crippen LogP contribution >= 0.6 is 0 Å². The number of H-pyrrole nitrogens is 1. The smallest absolute Gasteiger partial charge is 0.270 e. The highest BCUT2D eigenvalue weighted by Crippen LogP contribution is 2.20. The van der Waals surface area contributed by atoms with E-state index in [4.69, 9.17) is 0 Å². The molecule has 0 aromatic carbocycles. The maximum absolute atomic E-state index is 12.2. The molecule has 0 saturated heterocycles. The van der Waals surface area contributed by atoms with Gasteiger partial charge in [0.1, 0.15) is 5.69 Å². The minimum Gasteiger partial charge on any atom is -0.355 e. The molecule has 0 fully saturated rings. The van der Waals surface area contributed by atoms with Gasteiger partial charge in [0.2, 0.25) is 5.91 Å². The van der Waals surface area contributed by atoms with Crippen LogP contribution in [-0.2, 0) is 4.79 Å². The molecule has 20 heavy (non-hydrogen) atoms. The van der Waals surface area contributed by atoms with E-state index in [1.807, 2.05) is 41.8 Å². The SMILES string of the molecule is Cc1c[nH]c(C(=O)NC(C)(C)C)c1NC(=O)CN(C)C. The zero-order valence-corrected chi connectivity index (χ0v) is 13.0. The van der Waals surface area contributed by atoms with Gasteiger partial charge in [0, 0.05) is 11.7 Å². The van der Waals surface area contributed by atoms with Gasteiger partial charge >= 0.3 is 0 Å². The summed E-state index contributed by atoms with van der Waals surface area (Å²) >= 11 is 0. The van der Waals surface area contributed by atoms with Crippen molar-refractivity contribution >= 4 is 17.5 Å². The van der Waals surface area contributed by atoms with E-state index in [-0.39, 0.29) is 23.9 Å². The molecule has 1 rings (SSSR count). The zero-order chi connectivity index (χ0) is 15.5. The number of carbonyl (C=O) groups is 2. The van der Waals surface area contributed by atoms with Gasteiger partial charge in [0.25, 0.3) is 5.91 Å². The lowest BCUT2D eigenvalue weighted by Crippen LogP contribution is -2.41. The highest BCUT2D eigenvalue weighted by molar-refractivity contribution is 6.04. The fraction of sp³-hybridized carbons (Fsp3) is 0.571. The summed E-state index contributed by atoms with van der Waals surface area (Å²) < 4.78 is 0. The Morgan fingerprint density at radius 3 is 2.40 bits per heavy atom. The summed E-state index contributed by atoms with van der Waals surface area (Å²) in [6.45, 7) is 7.83. The van der Waals surface area contributed by atoms with E-state index in [0.717, 1.165) is 5.56 Å². The predicted octanol–water partition coefficient (Wildman–Crippen LogP) is 1.35. The molecular formula is C14H24N4O2. The molecule has 0 aliphatic heterocycles. The number of nitrogens with zero attached hydrogens (tertiary/aromatic N) is 1. The predicted molar refractivity (Wildman–Crippen MR) is 79.9 cm³/mol. The van der Waals surface area contributed by atoms with Crippen LogP contribution in [0, 0.1) is 6.92 Å². The summed E-state index contributed by atoms with van der Waals surface area (Å²) in [5, 5.41) is 5.66. The van der Waals surface area contributed by atoms with E-state index in [9.17, 15) is 9.59 Å². The molecule has 0 bridgehead atoms.